The Morgan fingerprint density at radius 2 is 1.00 bits per heavy atom. The van der Waals surface area contributed by atoms with E-state index in [2.05, 4.69) is 97.1 Å². The molecule has 0 saturated carbocycles. The van der Waals surface area contributed by atoms with Crippen molar-refractivity contribution in [2.24, 2.45) is 0 Å². The topological polar surface area (TPSA) is 0 Å². The summed E-state index contributed by atoms with van der Waals surface area (Å²) in [4.78, 5) is 0. The predicted octanol–water partition coefficient (Wildman–Crippen LogP) is 7.56. The maximum atomic E-state index is 6.29. The highest BCUT2D eigenvalue weighted by Crippen LogP contribution is 2.65. The van der Waals surface area contributed by atoms with E-state index in [0.717, 1.165) is 5.06 Å². The zero-order valence-electron chi connectivity index (χ0n) is 14.3. The Kier molecular flexibility index (Phi) is 6.37. The maximum Gasteiger partial charge on any atom is 0.121 e. The summed E-state index contributed by atoms with van der Waals surface area (Å²) in [5.41, 5.74) is 0. The fourth-order valence-corrected chi connectivity index (χ4v) is 15.9. The molecule has 0 aromatic heterocycles. The van der Waals surface area contributed by atoms with Crippen molar-refractivity contribution in [1.82, 2.24) is 0 Å². The predicted molar refractivity (Wildman–Crippen MR) is 131 cm³/mol. The first-order valence-electron chi connectivity index (χ1n) is 8.41. The minimum atomic E-state index is -1.96. The molecule has 0 unspecified atom stereocenters. The van der Waals surface area contributed by atoms with Crippen molar-refractivity contribution >= 4 is 72.7 Å². The number of hydrogen-bond acceptors (Lipinski definition) is 0. The molecule has 0 atom stereocenters. The van der Waals surface area contributed by atoms with Crippen LogP contribution in [0.1, 0.15) is 0 Å². The third-order valence-electron chi connectivity index (χ3n) is 4.46. The van der Waals surface area contributed by atoms with Crippen LogP contribution >= 0.6 is 51.7 Å². The Hall–Kier alpha value is -0.690. The first kappa shape index (κ1) is 19.6. The molecule has 3 aromatic carbocycles. The third kappa shape index (κ3) is 3.78. The molecule has 134 valence electrons. The van der Waals surface area contributed by atoms with E-state index >= 15 is 0 Å². The highest BCUT2D eigenvalue weighted by atomic mass is 35.9. The van der Waals surface area contributed by atoms with Gasteiger partial charge in [0.25, 0.3) is 0 Å². The van der Waals surface area contributed by atoms with Crippen LogP contribution in [-0.4, -0.2) is 5.03 Å². The SMILES string of the molecule is ClP(Cl)C1=CC(=P(c2ccccc2)(c2ccccc2)c2ccccc2)P=P1. The van der Waals surface area contributed by atoms with E-state index < -0.39 is 13.5 Å². The minimum absolute atomic E-state index is 1.10. The molecule has 0 aliphatic carbocycles. The number of rotatable bonds is 4. The van der Waals surface area contributed by atoms with Crippen LogP contribution in [0.4, 0.5) is 0 Å². The molecule has 1 aliphatic rings. The van der Waals surface area contributed by atoms with E-state index in [0.29, 0.717) is 0 Å². The highest BCUT2D eigenvalue weighted by molar-refractivity contribution is 8.18. The minimum Gasteiger partial charge on any atom is -0.0723 e. The molecule has 0 saturated heterocycles. The van der Waals surface area contributed by atoms with Crippen molar-refractivity contribution in [3.8, 4) is 0 Å². The van der Waals surface area contributed by atoms with Crippen molar-refractivity contribution in [2.75, 3.05) is 0 Å². The van der Waals surface area contributed by atoms with Gasteiger partial charge in [-0.3, -0.25) is 0 Å². The van der Waals surface area contributed by atoms with Crippen LogP contribution in [0.3, 0.4) is 0 Å². The molecule has 1 heterocycles. The van der Waals surface area contributed by atoms with Gasteiger partial charge in [-0.15, -0.1) is 0 Å². The van der Waals surface area contributed by atoms with Gasteiger partial charge in [0.15, 0.2) is 0 Å². The number of hydrogen-bond donors (Lipinski definition) is 0. The second-order valence-corrected chi connectivity index (χ2v) is 16.1. The van der Waals surface area contributed by atoms with Crippen molar-refractivity contribution in [3.63, 3.8) is 0 Å². The van der Waals surface area contributed by atoms with Gasteiger partial charge in [-0.2, -0.15) is 0 Å². The molecule has 0 radical (unpaired) electrons. The van der Waals surface area contributed by atoms with Crippen LogP contribution in [0.25, 0.3) is 0 Å². The van der Waals surface area contributed by atoms with E-state index in [1.165, 1.54) is 36.7 Å². The summed E-state index contributed by atoms with van der Waals surface area (Å²) in [7, 11) is 2.49. The van der Waals surface area contributed by atoms with Gasteiger partial charge in [-0.05, 0) is 44.6 Å². The molecule has 6 heteroatoms. The Morgan fingerprint density at radius 3 is 1.33 bits per heavy atom. The summed E-state index contributed by atoms with van der Waals surface area (Å²) in [6.45, 7) is -3.06. The quantitative estimate of drug-likeness (QED) is 0.351. The van der Waals surface area contributed by atoms with Crippen molar-refractivity contribution in [1.29, 1.82) is 0 Å². The van der Waals surface area contributed by atoms with E-state index in [9.17, 15) is 0 Å². The molecule has 4 rings (SSSR count). The largest absolute Gasteiger partial charge is 0.121 e. The lowest BCUT2D eigenvalue weighted by atomic mass is 10.4. The number of benzene rings is 3. The summed E-state index contributed by atoms with van der Waals surface area (Å²) in [6.07, 6.45) is 2.29. The Bertz CT molecular complexity index is 940. The second-order valence-electron chi connectivity index (χ2n) is 5.97. The van der Waals surface area contributed by atoms with E-state index in [-0.39, 0.29) is 0 Å². The normalized spacial score (nSPS) is 15.1. The maximum absolute atomic E-state index is 6.29. The molecule has 0 spiro atoms. The van der Waals surface area contributed by atoms with Crippen molar-refractivity contribution in [2.45, 2.75) is 0 Å². The van der Waals surface area contributed by atoms with Gasteiger partial charge < -0.3 is 0 Å². The summed E-state index contributed by atoms with van der Waals surface area (Å²) in [5, 5.41) is 6.68. The van der Waals surface area contributed by atoms with Gasteiger partial charge in [0.2, 0.25) is 0 Å². The summed E-state index contributed by atoms with van der Waals surface area (Å²) < 4.78 is 0. The van der Waals surface area contributed by atoms with Crippen LogP contribution in [-0.2, 0) is 0 Å². The van der Waals surface area contributed by atoms with Crippen molar-refractivity contribution in [3.05, 3.63) is 102 Å². The zero-order chi connectivity index (χ0) is 18.7. The summed E-state index contributed by atoms with van der Waals surface area (Å²) in [5.74, 6) is 0. The molecule has 0 N–H and O–H groups in total. The van der Waals surface area contributed by atoms with Crippen LogP contribution in [0.15, 0.2) is 102 Å². The Morgan fingerprint density at radius 1 is 0.593 bits per heavy atom. The second kappa shape index (κ2) is 8.76. The number of halogens is 2. The Labute approximate surface area is 174 Å². The lowest BCUT2D eigenvalue weighted by molar-refractivity contribution is 1.73. The van der Waals surface area contributed by atoms with Gasteiger partial charge in [0.05, 0.1) is 0 Å². The van der Waals surface area contributed by atoms with Crippen LogP contribution in [0.5, 0.6) is 0 Å². The van der Waals surface area contributed by atoms with E-state index in [1.54, 1.807) is 0 Å². The Balaban J connectivity index is 2.18. The molecule has 0 nitrogen and oxygen atoms in total. The van der Waals surface area contributed by atoms with Crippen LogP contribution < -0.4 is 15.9 Å². The molecule has 0 amide bonds. The first-order chi connectivity index (χ1) is 13.2. The monoisotopic (exact) mass is 462 g/mol. The lowest BCUT2D eigenvalue weighted by Crippen LogP contribution is -2.28. The fourth-order valence-electron chi connectivity index (χ4n) is 3.32. The number of allylic oxidation sites excluding steroid dienone is 1. The third-order valence-corrected chi connectivity index (χ3v) is 16.2. The zero-order valence-corrected chi connectivity index (χ0v) is 19.4. The molecular formula is C21H16Cl2P4. The lowest BCUT2D eigenvalue weighted by Gasteiger charge is -2.30. The summed E-state index contributed by atoms with van der Waals surface area (Å²) >= 11 is 12.6. The first-order valence-corrected chi connectivity index (χ1v) is 15.8. The van der Waals surface area contributed by atoms with Gasteiger partial charge >= 0.3 is 0 Å². The van der Waals surface area contributed by atoms with Crippen LogP contribution in [0.2, 0.25) is 0 Å². The van der Waals surface area contributed by atoms with Gasteiger partial charge in [-0.25, -0.2) is 0 Å². The van der Waals surface area contributed by atoms with E-state index in [1.807, 2.05) is 0 Å². The van der Waals surface area contributed by atoms with Gasteiger partial charge in [0, 0.05) is 10.1 Å². The van der Waals surface area contributed by atoms with Crippen molar-refractivity contribution < 1.29 is 0 Å². The highest BCUT2D eigenvalue weighted by Gasteiger charge is 2.30. The molecule has 3 aromatic rings. The van der Waals surface area contributed by atoms with Gasteiger partial charge in [-0.1, -0.05) is 113 Å². The molecule has 27 heavy (non-hydrogen) atoms. The fraction of sp³-hybridized carbons (Fsp3) is 0. The smallest absolute Gasteiger partial charge is 0.0723 e. The average molecular weight is 463 g/mol. The van der Waals surface area contributed by atoms with Crippen LogP contribution in [0, 0.1) is 0 Å². The molecule has 0 bridgehead atoms. The van der Waals surface area contributed by atoms with E-state index in [4.69, 9.17) is 22.5 Å². The molecule has 1 aliphatic heterocycles. The molecule has 0 fully saturated rings. The average Bonchev–Trinajstić information content (AvgIpc) is 3.22. The standard InChI is InChI=1S/C21H16Cl2P4/c22-26(23)20-16-21(25-24-20)27(17-10-4-1-5-11-17,18-12-6-2-7-13-18)19-14-8-3-9-15-19/h1-16H. The summed E-state index contributed by atoms with van der Waals surface area (Å²) in [6, 6.07) is 32.7. The van der Waals surface area contributed by atoms with Gasteiger partial charge in [0.1, 0.15) is 6.63 Å². The molecular weight excluding hydrogens is 447 g/mol.